The molecule has 13 nitrogen and oxygen atoms in total. The molecule has 4 heterocycles. The Morgan fingerprint density at radius 1 is 0.694 bits per heavy atom. The lowest BCUT2D eigenvalue weighted by Gasteiger charge is -2.47. The van der Waals surface area contributed by atoms with Crippen LogP contribution in [0, 0.1) is 24.6 Å². The number of ether oxygens (including phenoxy) is 1. The van der Waals surface area contributed by atoms with Crippen LogP contribution in [-0.2, 0) is 40.6 Å². The Hall–Kier alpha value is -6.58. The van der Waals surface area contributed by atoms with E-state index < -0.39 is 18.3 Å². The Morgan fingerprint density at radius 2 is 1.29 bits per heavy atom. The molecule has 8 rings (SSSR count). The van der Waals surface area contributed by atoms with Gasteiger partial charge in [0.25, 0.3) is 0 Å². The predicted octanol–water partition coefficient (Wildman–Crippen LogP) is 8.87. The highest BCUT2D eigenvalue weighted by atomic mass is 19.1. The molecule has 3 N–H and O–H groups in total. The standard InChI is InChI=1S/C58H69FN6O7/c1-36(2)57(68)64-39(6)30-62(34-50(64)55(66)60-28-41-11-15-44(16-12-41)52-10-9-23-71-52)32-43-24-38(5)25-46(26-43)54-22-21-53(72-54)45-17-13-42(14-18-45)29-61-56(67)51-35-63(31-40(7)65(51)58(69)37(3)4)33-47-27-48(70-8)19-20-49(47)59/h9-27,36-37,39-40,50-51,57,68H,28-35H2,1-8H3,(H,60,66)(H,61,67). The van der Waals surface area contributed by atoms with Gasteiger partial charge in [-0.15, -0.1) is 0 Å². The van der Waals surface area contributed by atoms with E-state index in [1.54, 1.807) is 30.4 Å². The number of methoxy groups -OCH3 is 1. The lowest BCUT2D eigenvalue weighted by molar-refractivity contribution is -0.150. The number of rotatable bonds is 17. The number of aliphatic hydroxyl groups excluding tert-OH is 1. The van der Waals surface area contributed by atoms with Crippen molar-refractivity contribution in [2.24, 2.45) is 11.8 Å². The highest BCUT2D eigenvalue weighted by Crippen LogP contribution is 2.32. The fourth-order valence-corrected chi connectivity index (χ4v) is 10.2. The molecule has 72 heavy (non-hydrogen) atoms. The molecule has 2 aliphatic heterocycles. The molecule has 5 atom stereocenters. The minimum atomic E-state index is -0.774. The van der Waals surface area contributed by atoms with Gasteiger partial charge in [0.05, 0.1) is 13.4 Å². The Bertz CT molecular complexity index is 2790. The van der Waals surface area contributed by atoms with Gasteiger partial charge in [-0.25, -0.2) is 4.39 Å². The van der Waals surface area contributed by atoms with E-state index in [1.165, 1.54) is 6.07 Å². The van der Waals surface area contributed by atoms with Crippen LogP contribution in [-0.4, -0.2) is 106 Å². The zero-order chi connectivity index (χ0) is 51.2. The van der Waals surface area contributed by atoms with Crippen LogP contribution in [0.25, 0.3) is 34.0 Å². The van der Waals surface area contributed by atoms with Crippen molar-refractivity contribution < 1.29 is 37.5 Å². The maximum absolute atomic E-state index is 14.9. The Labute approximate surface area is 422 Å². The van der Waals surface area contributed by atoms with Crippen molar-refractivity contribution in [2.45, 2.75) is 105 Å². The smallest absolute Gasteiger partial charge is 0.244 e. The van der Waals surface area contributed by atoms with Crippen LogP contribution in [0.5, 0.6) is 5.75 Å². The van der Waals surface area contributed by atoms with Crippen LogP contribution >= 0.6 is 0 Å². The fraction of sp³-hybridized carbons (Fsp3) is 0.397. The average molecular weight is 981 g/mol. The number of benzene rings is 4. The maximum Gasteiger partial charge on any atom is 0.244 e. The van der Waals surface area contributed by atoms with Gasteiger partial charge in [-0.1, -0.05) is 87.9 Å². The molecule has 380 valence electrons. The summed E-state index contributed by atoms with van der Waals surface area (Å²) in [6.45, 7) is 17.1. The van der Waals surface area contributed by atoms with Gasteiger partial charge < -0.3 is 34.2 Å². The number of hydrogen-bond donors (Lipinski definition) is 3. The van der Waals surface area contributed by atoms with E-state index in [0.717, 1.165) is 50.5 Å². The quantitative estimate of drug-likeness (QED) is 0.0811. The van der Waals surface area contributed by atoms with Crippen molar-refractivity contribution >= 4 is 17.7 Å². The third kappa shape index (κ3) is 12.2. The number of carbonyl (C=O) groups is 3. The number of aryl methyl sites for hydroxylation is 1. The van der Waals surface area contributed by atoms with Crippen LogP contribution in [0.1, 0.15) is 69.4 Å². The molecule has 5 unspecified atom stereocenters. The van der Waals surface area contributed by atoms with Crippen LogP contribution < -0.4 is 15.4 Å². The Morgan fingerprint density at radius 3 is 1.90 bits per heavy atom. The second-order valence-electron chi connectivity index (χ2n) is 20.3. The van der Waals surface area contributed by atoms with Gasteiger partial charge in [-0.2, -0.15) is 0 Å². The van der Waals surface area contributed by atoms with Crippen LogP contribution in [0.4, 0.5) is 4.39 Å². The van der Waals surface area contributed by atoms with Gasteiger partial charge in [-0.3, -0.25) is 29.1 Å². The van der Waals surface area contributed by atoms with Gasteiger partial charge in [0.15, 0.2) is 0 Å². The molecule has 3 amide bonds. The number of piperazine rings is 2. The maximum atomic E-state index is 14.9. The lowest BCUT2D eigenvalue weighted by atomic mass is 9.99. The van der Waals surface area contributed by atoms with Gasteiger partial charge in [0.1, 0.15) is 47.2 Å². The summed E-state index contributed by atoms with van der Waals surface area (Å²) in [6.07, 6.45) is 0.875. The number of aliphatic hydroxyl groups is 1. The number of halogens is 1. The van der Waals surface area contributed by atoms with Gasteiger partial charge >= 0.3 is 0 Å². The highest BCUT2D eigenvalue weighted by Gasteiger charge is 2.42. The van der Waals surface area contributed by atoms with E-state index in [-0.39, 0.29) is 67.1 Å². The van der Waals surface area contributed by atoms with E-state index in [0.29, 0.717) is 49.8 Å². The Balaban J connectivity index is 0.902. The first-order chi connectivity index (χ1) is 34.5. The molecule has 0 bridgehead atoms. The third-order valence-electron chi connectivity index (χ3n) is 13.9. The van der Waals surface area contributed by atoms with Crippen molar-refractivity contribution in [3.05, 3.63) is 149 Å². The van der Waals surface area contributed by atoms with E-state index in [1.807, 2.05) is 117 Å². The summed E-state index contributed by atoms with van der Waals surface area (Å²) < 4.78 is 32.2. The van der Waals surface area contributed by atoms with Crippen LogP contribution in [0.15, 0.2) is 124 Å². The molecule has 2 saturated heterocycles. The first-order valence-electron chi connectivity index (χ1n) is 25.1. The number of furan rings is 2. The summed E-state index contributed by atoms with van der Waals surface area (Å²) in [6, 6.07) is 32.9. The number of nitrogens with zero attached hydrogens (tertiary/aromatic N) is 4. The summed E-state index contributed by atoms with van der Waals surface area (Å²) in [5, 5.41) is 17.6. The Kier molecular flexibility index (Phi) is 16.4. The lowest BCUT2D eigenvalue weighted by Crippen LogP contribution is -2.65. The van der Waals surface area contributed by atoms with Gasteiger partial charge in [0, 0.05) is 92.6 Å². The minimum Gasteiger partial charge on any atom is -0.497 e. The third-order valence-corrected chi connectivity index (χ3v) is 13.9. The average Bonchev–Trinajstić information content (AvgIpc) is 4.10. The molecular weight excluding hydrogens is 912 g/mol. The number of hydrogen-bond acceptors (Lipinski definition) is 10. The molecule has 14 heteroatoms. The molecule has 0 saturated carbocycles. The normalized spacial score (nSPS) is 19.4. The summed E-state index contributed by atoms with van der Waals surface area (Å²) in [5.74, 6) is 1.58. The number of nitrogens with one attached hydrogen (secondary N) is 2. The molecule has 0 aliphatic carbocycles. The molecule has 6 aromatic rings. The molecule has 2 aromatic heterocycles. The van der Waals surface area contributed by atoms with Crippen molar-refractivity contribution in [1.82, 2.24) is 30.2 Å². The summed E-state index contributed by atoms with van der Waals surface area (Å²) in [4.78, 5) is 49.4. The molecule has 0 radical (unpaired) electrons. The van der Waals surface area contributed by atoms with Crippen LogP contribution in [0.3, 0.4) is 0 Å². The van der Waals surface area contributed by atoms with E-state index >= 15 is 0 Å². The second kappa shape index (κ2) is 22.9. The second-order valence-corrected chi connectivity index (χ2v) is 20.3. The minimum absolute atomic E-state index is 0.0581. The summed E-state index contributed by atoms with van der Waals surface area (Å²) in [7, 11) is 1.54. The zero-order valence-electron chi connectivity index (χ0n) is 42.7. The predicted molar refractivity (Wildman–Crippen MR) is 277 cm³/mol. The molecular formula is C58H69FN6O7. The highest BCUT2D eigenvalue weighted by molar-refractivity contribution is 5.89. The number of amides is 3. The largest absolute Gasteiger partial charge is 0.497 e. The van der Waals surface area contributed by atoms with Crippen molar-refractivity contribution in [1.29, 1.82) is 0 Å². The van der Waals surface area contributed by atoms with E-state index in [4.69, 9.17) is 13.6 Å². The van der Waals surface area contributed by atoms with Crippen molar-refractivity contribution in [3.8, 4) is 39.7 Å². The summed E-state index contributed by atoms with van der Waals surface area (Å²) in [5.41, 5.74) is 7.28. The first-order valence-corrected chi connectivity index (χ1v) is 25.1. The molecule has 2 fully saturated rings. The first kappa shape index (κ1) is 51.8. The van der Waals surface area contributed by atoms with E-state index in [9.17, 15) is 23.9 Å². The topological polar surface area (TPSA) is 144 Å². The molecule has 2 aliphatic rings. The molecule has 0 spiro atoms. The monoisotopic (exact) mass is 981 g/mol. The van der Waals surface area contributed by atoms with Crippen LogP contribution in [0.2, 0.25) is 0 Å². The van der Waals surface area contributed by atoms with E-state index in [2.05, 4.69) is 47.6 Å². The van der Waals surface area contributed by atoms with Crippen molar-refractivity contribution in [2.75, 3.05) is 33.3 Å². The van der Waals surface area contributed by atoms with Gasteiger partial charge in [-0.05, 0) is 98.0 Å². The zero-order valence-corrected chi connectivity index (χ0v) is 42.7. The SMILES string of the molecule is COc1ccc(F)c(CN2CC(C)N(C(=O)C(C)C)C(C(=O)NCc3ccc(-c4ccc(-c5cc(C)cc(CN6CC(C)N(C(O)C(C)C)C(C(=O)NCc7ccc(-c8ccco8)cc7)C6)c5)o4)cc3)C2)c1. The fourth-order valence-electron chi connectivity index (χ4n) is 10.2. The van der Waals surface area contributed by atoms with Crippen molar-refractivity contribution in [3.63, 3.8) is 0 Å². The molecule has 4 aromatic carbocycles. The van der Waals surface area contributed by atoms with Gasteiger partial charge in [0.2, 0.25) is 17.7 Å². The summed E-state index contributed by atoms with van der Waals surface area (Å²) >= 11 is 0. The number of carbonyl (C=O) groups excluding carboxylic acids is 3.